The van der Waals surface area contributed by atoms with E-state index in [0.29, 0.717) is 25.0 Å². The highest BCUT2D eigenvalue weighted by atomic mass is 16.5. The first-order valence-corrected chi connectivity index (χ1v) is 8.31. The maximum atomic E-state index is 5.99. The van der Waals surface area contributed by atoms with Crippen LogP contribution in [0.4, 0.5) is 5.69 Å². The third-order valence-corrected chi connectivity index (χ3v) is 3.79. The van der Waals surface area contributed by atoms with Crippen LogP contribution in [0.25, 0.3) is 0 Å². The topological polar surface area (TPSA) is 72.5 Å². The summed E-state index contributed by atoms with van der Waals surface area (Å²) < 4.78 is 5.72. The van der Waals surface area contributed by atoms with Crippen molar-refractivity contribution in [1.29, 1.82) is 0 Å². The SMILES string of the molecule is CCCCOc1ncccc1CN=C(N)Nc1ccc(C)c(C)c1. The summed E-state index contributed by atoms with van der Waals surface area (Å²) in [6, 6.07) is 9.95. The van der Waals surface area contributed by atoms with E-state index in [1.165, 1.54) is 11.1 Å². The molecule has 0 aliphatic heterocycles. The molecule has 0 aliphatic rings. The third-order valence-electron chi connectivity index (χ3n) is 3.79. The average molecular weight is 326 g/mol. The second-order valence-electron chi connectivity index (χ2n) is 5.80. The number of anilines is 1. The summed E-state index contributed by atoms with van der Waals surface area (Å²) in [5.74, 6) is 1.01. The van der Waals surface area contributed by atoms with Gasteiger partial charge in [-0.15, -0.1) is 0 Å². The summed E-state index contributed by atoms with van der Waals surface area (Å²) in [5, 5.41) is 3.12. The maximum absolute atomic E-state index is 5.99. The molecular formula is C19H26N4O. The Labute approximate surface area is 144 Å². The number of pyridine rings is 1. The van der Waals surface area contributed by atoms with E-state index in [0.717, 1.165) is 24.1 Å². The largest absolute Gasteiger partial charge is 0.477 e. The predicted molar refractivity (Wildman–Crippen MR) is 99.5 cm³/mol. The molecule has 3 N–H and O–H groups in total. The van der Waals surface area contributed by atoms with Gasteiger partial charge in [0.2, 0.25) is 5.88 Å². The van der Waals surface area contributed by atoms with E-state index in [9.17, 15) is 0 Å². The Balaban J connectivity index is 2.00. The summed E-state index contributed by atoms with van der Waals surface area (Å²) in [5.41, 5.74) is 10.3. The molecule has 2 rings (SSSR count). The molecular weight excluding hydrogens is 300 g/mol. The molecule has 0 saturated heterocycles. The van der Waals surface area contributed by atoms with Crippen molar-refractivity contribution in [2.75, 3.05) is 11.9 Å². The van der Waals surface area contributed by atoms with Crippen LogP contribution in [0.3, 0.4) is 0 Å². The molecule has 0 bridgehead atoms. The molecule has 0 radical (unpaired) electrons. The van der Waals surface area contributed by atoms with Crippen molar-refractivity contribution in [2.24, 2.45) is 10.7 Å². The molecule has 0 amide bonds. The molecule has 0 unspecified atom stereocenters. The molecule has 5 nitrogen and oxygen atoms in total. The van der Waals surface area contributed by atoms with Crippen molar-refractivity contribution in [3.8, 4) is 5.88 Å². The highest BCUT2D eigenvalue weighted by Gasteiger charge is 2.04. The van der Waals surface area contributed by atoms with Gasteiger partial charge >= 0.3 is 0 Å². The Morgan fingerprint density at radius 2 is 2.08 bits per heavy atom. The number of hydrogen-bond acceptors (Lipinski definition) is 3. The van der Waals surface area contributed by atoms with Gasteiger partial charge in [-0.3, -0.25) is 0 Å². The van der Waals surface area contributed by atoms with E-state index < -0.39 is 0 Å². The summed E-state index contributed by atoms with van der Waals surface area (Å²) in [6.07, 6.45) is 3.83. The Hall–Kier alpha value is -2.56. The lowest BCUT2D eigenvalue weighted by atomic mass is 10.1. The molecule has 1 aromatic heterocycles. The zero-order chi connectivity index (χ0) is 17.4. The Kier molecular flexibility index (Phi) is 6.61. The smallest absolute Gasteiger partial charge is 0.218 e. The highest BCUT2D eigenvalue weighted by molar-refractivity contribution is 5.92. The highest BCUT2D eigenvalue weighted by Crippen LogP contribution is 2.17. The van der Waals surface area contributed by atoms with Crippen molar-refractivity contribution < 1.29 is 4.74 Å². The van der Waals surface area contributed by atoms with Gasteiger partial charge in [-0.2, -0.15) is 0 Å². The number of aryl methyl sites for hydroxylation is 2. The number of benzene rings is 1. The Bertz CT molecular complexity index is 698. The fraction of sp³-hybridized carbons (Fsp3) is 0.368. The minimum Gasteiger partial charge on any atom is -0.477 e. The van der Waals surface area contributed by atoms with E-state index in [4.69, 9.17) is 10.5 Å². The van der Waals surface area contributed by atoms with Crippen LogP contribution in [0.5, 0.6) is 5.88 Å². The number of aliphatic imine (C=N–C) groups is 1. The molecule has 1 aromatic carbocycles. The van der Waals surface area contributed by atoms with Gasteiger partial charge in [0.05, 0.1) is 13.2 Å². The van der Waals surface area contributed by atoms with Crippen molar-refractivity contribution in [3.05, 3.63) is 53.2 Å². The van der Waals surface area contributed by atoms with Gasteiger partial charge in [-0.25, -0.2) is 9.98 Å². The minimum atomic E-state index is 0.376. The first-order valence-electron chi connectivity index (χ1n) is 8.31. The number of rotatable bonds is 7. The van der Waals surface area contributed by atoms with E-state index >= 15 is 0 Å². The van der Waals surface area contributed by atoms with Crippen LogP contribution in [0.2, 0.25) is 0 Å². The van der Waals surface area contributed by atoms with Crippen LogP contribution < -0.4 is 15.8 Å². The molecule has 1 heterocycles. The van der Waals surface area contributed by atoms with Gasteiger partial charge < -0.3 is 15.8 Å². The quantitative estimate of drug-likeness (QED) is 0.461. The minimum absolute atomic E-state index is 0.376. The van der Waals surface area contributed by atoms with Crippen molar-refractivity contribution >= 4 is 11.6 Å². The van der Waals surface area contributed by atoms with Crippen LogP contribution >= 0.6 is 0 Å². The number of unbranched alkanes of at least 4 members (excludes halogenated alkanes) is 1. The summed E-state index contributed by atoms with van der Waals surface area (Å²) in [7, 11) is 0. The van der Waals surface area contributed by atoms with E-state index in [-0.39, 0.29) is 0 Å². The van der Waals surface area contributed by atoms with E-state index in [2.05, 4.69) is 48.2 Å². The second-order valence-corrected chi connectivity index (χ2v) is 5.80. The number of nitrogens with one attached hydrogen (secondary N) is 1. The lowest BCUT2D eigenvalue weighted by molar-refractivity contribution is 0.294. The molecule has 5 heteroatoms. The molecule has 2 aromatic rings. The van der Waals surface area contributed by atoms with Gasteiger partial charge in [0.15, 0.2) is 5.96 Å². The van der Waals surface area contributed by atoms with Crippen molar-refractivity contribution in [2.45, 2.75) is 40.2 Å². The Morgan fingerprint density at radius 3 is 2.83 bits per heavy atom. The monoisotopic (exact) mass is 326 g/mol. The molecule has 0 atom stereocenters. The number of nitrogens with two attached hydrogens (primary N) is 1. The van der Waals surface area contributed by atoms with Crippen molar-refractivity contribution in [3.63, 3.8) is 0 Å². The lowest BCUT2D eigenvalue weighted by Crippen LogP contribution is -2.22. The Morgan fingerprint density at radius 1 is 1.25 bits per heavy atom. The molecule has 24 heavy (non-hydrogen) atoms. The molecule has 0 spiro atoms. The fourth-order valence-corrected chi connectivity index (χ4v) is 2.16. The average Bonchev–Trinajstić information content (AvgIpc) is 2.57. The molecule has 0 aliphatic carbocycles. The first-order chi connectivity index (χ1) is 11.6. The number of guanidine groups is 1. The van der Waals surface area contributed by atoms with Crippen molar-refractivity contribution in [1.82, 2.24) is 4.98 Å². The summed E-state index contributed by atoms with van der Waals surface area (Å²) in [4.78, 5) is 8.68. The third kappa shape index (κ3) is 5.26. The lowest BCUT2D eigenvalue weighted by Gasteiger charge is -2.10. The van der Waals surface area contributed by atoms with E-state index in [1.54, 1.807) is 6.20 Å². The first kappa shape index (κ1) is 17.8. The maximum Gasteiger partial charge on any atom is 0.218 e. The molecule has 0 saturated carbocycles. The molecule has 0 fully saturated rings. The van der Waals surface area contributed by atoms with E-state index in [1.807, 2.05) is 18.2 Å². The number of ether oxygens (including phenoxy) is 1. The van der Waals surface area contributed by atoms with Gasteiger partial charge in [-0.05, 0) is 49.6 Å². The van der Waals surface area contributed by atoms with Crippen LogP contribution in [0.1, 0.15) is 36.5 Å². The van der Waals surface area contributed by atoms with Crippen LogP contribution in [-0.4, -0.2) is 17.6 Å². The summed E-state index contributed by atoms with van der Waals surface area (Å²) >= 11 is 0. The number of nitrogens with zero attached hydrogens (tertiary/aromatic N) is 2. The van der Waals surface area contributed by atoms with Gasteiger partial charge in [-0.1, -0.05) is 25.5 Å². The standard InChI is InChI=1S/C19H26N4O/c1-4-5-11-24-18-16(7-6-10-21-18)13-22-19(20)23-17-9-8-14(2)15(3)12-17/h6-10,12H,4-5,11,13H2,1-3H3,(H3,20,22,23). The van der Waals surface area contributed by atoms with Gasteiger partial charge in [0, 0.05) is 17.4 Å². The number of hydrogen-bond donors (Lipinski definition) is 2. The van der Waals surface area contributed by atoms with Crippen LogP contribution in [0, 0.1) is 13.8 Å². The van der Waals surface area contributed by atoms with Crippen LogP contribution in [-0.2, 0) is 6.54 Å². The zero-order valence-corrected chi connectivity index (χ0v) is 14.7. The fourth-order valence-electron chi connectivity index (χ4n) is 2.16. The second kappa shape index (κ2) is 8.91. The van der Waals surface area contributed by atoms with Crippen LogP contribution in [0.15, 0.2) is 41.5 Å². The zero-order valence-electron chi connectivity index (χ0n) is 14.7. The van der Waals surface area contributed by atoms with Gasteiger partial charge in [0.25, 0.3) is 0 Å². The van der Waals surface area contributed by atoms with Gasteiger partial charge in [0.1, 0.15) is 0 Å². The number of aromatic nitrogens is 1. The molecule has 128 valence electrons. The summed E-state index contributed by atoms with van der Waals surface area (Å²) in [6.45, 7) is 7.38. The normalized spacial score (nSPS) is 11.4. The predicted octanol–water partition coefficient (Wildman–Crippen LogP) is 3.80.